The molecule has 4 nitrogen and oxygen atoms in total. The number of amides is 1. The standard InChI is InChI=1S/C16H15NO3S/c1-21-14-9-5-4-8-13(14)17-15(18)10-11-6-2-3-7-12(11)16(19)20/h2-9H,10H2,1H3,(H,17,18)(H,19,20). The molecule has 0 aliphatic carbocycles. The number of carboxylic acids is 1. The van der Waals surface area contributed by atoms with Crippen LogP contribution in [0.2, 0.25) is 0 Å². The Labute approximate surface area is 127 Å². The molecule has 0 aromatic heterocycles. The van der Waals surface area contributed by atoms with Crippen molar-refractivity contribution in [1.29, 1.82) is 0 Å². The number of carbonyl (C=O) groups excluding carboxylic acids is 1. The van der Waals surface area contributed by atoms with E-state index in [1.54, 1.807) is 30.0 Å². The summed E-state index contributed by atoms with van der Waals surface area (Å²) in [6.07, 6.45) is 1.97. The fourth-order valence-corrected chi connectivity index (χ4v) is 2.55. The fraction of sp³-hybridized carbons (Fsp3) is 0.125. The molecule has 1 amide bonds. The van der Waals surface area contributed by atoms with E-state index < -0.39 is 5.97 Å². The van der Waals surface area contributed by atoms with Crippen molar-refractivity contribution < 1.29 is 14.7 Å². The lowest BCUT2D eigenvalue weighted by Gasteiger charge is -2.10. The predicted molar refractivity (Wildman–Crippen MR) is 84.0 cm³/mol. The molecule has 0 saturated carbocycles. The Morgan fingerprint density at radius 3 is 2.48 bits per heavy atom. The molecule has 2 rings (SSSR count). The van der Waals surface area contributed by atoms with E-state index in [0.29, 0.717) is 5.56 Å². The minimum absolute atomic E-state index is 0.0329. The van der Waals surface area contributed by atoms with Gasteiger partial charge in [-0.15, -0.1) is 11.8 Å². The molecule has 0 radical (unpaired) electrons. The number of hydrogen-bond acceptors (Lipinski definition) is 3. The van der Waals surface area contributed by atoms with E-state index in [9.17, 15) is 9.59 Å². The van der Waals surface area contributed by atoms with Gasteiger partial charge in [-0.3, -0.25) is 4.79 Å². The molecular weight excluding hydrogens is 286 g/mol. The Hall–Kier alpha value is -2.27. The van der Waals surface area contributed by atoms with Crippen LogP contribution in [0.5, 0.6) is 0 Å². The van der Waals surface area contributed by atoms with Gasteiger partial charge in [-0.25, -0.2) is 4.79 Å². The van der Waals surface area contributed by atoms with Crippen molar-refractivity contribution in [2.24, 2.45) is 0 Å². The minimum atomic E-state index is -1.03. The van der Waals surface area contributed by atoms with Crippen LogP contribution in [0.1, 0.15) is 15.9 Å². The van der Waals surface area contributed by atoms with Crippen LogP contribution in [-0.2, 0) is 11.2 Å². The molecule has 0 unspecified atom stereocenters. The van der Waals surface area contributed by atoms with E-state index in [1.165, 1.54) is 6.07 Å². The Bertz CT molecular complexity index is 670. The topological polar surface area (TPSA) is 66.4 Å². The zero-order chi connectivity index (χ0) is 15.2. The average Bonchev–Trinajstić information content (AvgIpc) is 2.48. The molecule has 5 heteroatoms. The van der Waals surface area contributed by atoms with E-state index in [-0.39, 0.29) is 17.9 Å². The highest BCUT2D eigenvalue weighted by molar-refractivity contribution is 7.98. The molecule has 0 atom stereocenters. The van der Waals surface area contributed by atoms with Gasteiger partial charge in [-0.2, -0.15) is 0 Å². The molecule has 0 spiro atoms. The third-order valence-corrected chi connectivity index (χ3v) is 3.78. The van der Waals surface area contributed by atoms with Gasteiger partial charge in [0.1, 0.15) is 0 Å². The number of anilines is 1. The van der Waals surface area contributed by atoms with Crippen molar-refractivity contribution in [2.45, 2.75) is 11.3 Å². The average molecular weight is 301 g/mol. The summed E-state index contributed by atoms with van der Waals surface area (Å²) < 4.78 is 0. The molecule has 2 N–H and O–H groups in total. The van der Waals surface area contributed by atoms with Crippen LogP contribution in [0.4, 0.5) is 5.69 Å². The second-order valence-corrected chi connectivity index (χ2v) is 5.24. The van der Waals surface area contributed by atoms with Crippen LogP contribution in [0.15, 0.2) is 53.4 Å². The molecule has 0 fully saturated rings. The molecular formula is C16H15NO3S. The fourth-order valence-electron chi connectivity index (χ4n) is 2.00. The van der Waals surface area contributed by atoms with Crippen LogP contribution >= 0.6 is 11.8 Å². The first-order valence-electron chi connectivity index (χ1n) is 6.36. The molecule has 108 valence electrons. The number of rotatable bonds is 5. The summed E-state index contributed by atoms with van der Waals surface area (Å²) in [6.45, 7) is 0. The van der Waals surface area contributed by atoms with Gasteiger partial charge in [-0.1, -0.05) is 30.3 Å². The van der Waals surface area contributed by atoms with Crippen LogP contribution in [-0.4, -0.2) is 23.2 Å². The van der Waals surface area contributed by atoms with Crippen LogP contribution in [0, 0.1) is 0 Å². The summed E-state index contributed by atoms with van der Waals surface area (Å²) in [5.74, 6) is -1.26. The van der Waals surface area contributed by atoms with E-state index in [4.69, 9.17) is 5.11 Å². The van der Waals surface area contributed by atoms with E-state index in [1.807, 2.05) is 30.5 Å². The Balaban J connectivity index is 2.14. The van der Waals surface area contributed by atoms with Gasteiger partial charge in [0.25, 0.3) is 0 Å². The van der Waals surface area contributed by atoms with Crippen molar-refractivity contribution in [3.63, 3.8) is 0 Å². The number of aromatic carboxylic acids is 1. The zero-order valence-electron chi connectivity index (χ0n) is 11.5. The maximum atomic E-state index is 12.1. The Morgan fingerprint density at radius 1 is 1.10 bits per heavy atom. The van der Waals surface area contributed by atoms with Crippen LogP contribution in [0.3, 0.4) is 0 Å². The summed E-state index contributed by atoms with van der Waals surface area (Å²) in [4.78, 5) is 24.2. The van der Waals surface area contributed by atoms with Gasteiger partial charge in [-0.05, 0) is 30.0 Å². The number of para-hydroxylation sites is 1. The lowest BCUT2D eigenvalue weighted by atomic mass is 10.0. The molecule has 2 aromatic carbocycles. The molecule has 2 aromatic rings. The Kier molecular flexibility index (Phi) is 5.00. The van der Waals surface area contributed by atoms with Gasteiger partial charge in [0.05, 0.1) is 17.7 Å². The van der Waals surface area contributed by atoms with Crippen molar-refractivity contribution in [2.75, 3.05) is 11.6 Å². The summed E-state index contributed by atoms with van der Waals surface area (Å²) in [6, 6.07) is 14.0. The van der Waals surface area contributed by atoms with Crippen molar-refractivity contribution >= 4 is 29.3 Å². The van der Waals surface area contributed by atoms with Crippen LogP contribution < -0.4 is 5.32 Å². The second-order valence-electron chi connectivity index (χ2n) is 4.39. The number of hydrogen-bond donors (Lipinski definition) is 2. The maximum Gasteiger partial charge on any atom is 0.335 e. The summed E-state index contributed by atoms with van der Waals surface area (Å²) in [5.41, 5.74) is 1.40. The quantitative estimate of drug-likeness (QED) is 0.832. The molecule has 0 bridgehead atoms. The third kappa shape index (κ3) is 3.86. The second kappa shape index (κ2) is 6.95. The van der Waals surface area contributed by atoms with Gasteiger partial charge in [0.2, 0.25) is 5.91 Å². The summed E-state index contributed by atoms with van der Waals surface area (Å²) in [5, 5.41) is 11.9. The maximum absolute atomic E-state index is 12.1. The lowest BCUT2D eigenvalue weighted by molar-refractivity contribution is -0.115. The highest BCUT2D eigenvalue weighted by Gasteiger charge is 2.13. The first kappa shape index (κ1) is 15.1. The van der Waals surface area contributed by atoms with Gasteiger partial charge in [0.15, 0.2) is 0 Å². The van der Waals surface area contributed by atoms with Crippen molar-refractivity contribution in [3.05, 3.63) is 59.7 Å². The van der Waals surface area contributed by atoms with Gasteiger partial charge in [0, 0.05) is 4.90 Å². The van der Waals surface area contributed by atoms with E-state index in [0.717, 1.165) is 10.6 Å². The molecule has 0 aliphatic rings. The number of carbonyl (C=O) groups is 2. The largest absolute Gasteiger partial charge is 0.478 e. The smallest absolute Gasteiger partial charge is 0.335 e. The first-order chi connectivity index (χ1) is 10.1. The van der Waals surface area contributed by atoms with Gasteiger partial charge < -0.3 is 10.4 Å². The minimum Gasteiger partial charge on any atom is -0.478 e. The third-order valence-electron chi connectivity index (χ3n) is 2.98. The monoisotopic (exact) mass is 301 g/mol. The number of carboxylic acid groups (broad SMARTS) is 1. The lowest BCUT2D eigenvalue weighted by Crippen LogP contribution is -2.16. The molecule has 0 heterocycles. The van der Waals surface area contributed by atoms with Crippen LogP contribution in [0.25, 0.3) is 0 Å². The zero-order valence-corrected chi connectivity index (χ0v) is 12.3. The van der Waals surface area contributed by atoms with Crippen molar-refractivity contribution in [3.8, 4) is 0 Å². The first-order valence-corrected chi connectivity index (χ1v) is 7.58. The SMILES string of the molecule is CSc1ccccc1NC(=O)Cc1ccccc1C(=O)O. The molecule has 21 heavy (non-hydrogen) atoms. The highest BCUT2D eigenvalue weighted by Crippen LogP contribution is 2.24. The molecule has 0 aliphatic heterocycles. The van der Waals surface area contributed by atoms with E-state index >= 15 is 0 Å². The number of thioether (sulfide) groups is 1. The normalized spacial score (nSPS) is 10.1. The number of benzene rings is 2. The van der Waals surface area contributed by atoms with Crippen molar-refractivity contribution in [1.82, 2.24) is 0 Å². The highest BCUT2D eigenvalue weighted by atomic mass is 32.2. The summed E-state index contributed by atoms with van der Waals surface area (Å²) in [7, 11) is 0. The van der Waals surface area contributed by atoms with Gasteiger partial charge >= 0.3 is 5.97 Å². The number of nitrogens with one attached hydrogen (secondary N) is 1. The summed E-state index contributed by atoms with van der Waals surface area (Å²) >= 11 is 1.54. The molecule has 0 saturated heterocycles. The predicted octanol–water partition coefficient (Wildman–Crippen LogP) is 3.29. The Morgan fingerprint density at radius 2 is 1.76 bits per heavy atom. The van der Waals surface area contributed by atoms with E-state index in [2.05, 4.69) is 5.32 Å².